The summed E-state index contributed by atoms with van der Waals surface area (Å²) in [7, 11) is 1.69. The highest BCUT2D eigenvalue weighted by atomic mass is 35.5. The number of hydrogen-bond donors (Lipinski definition) is 0. The fraction of sp³-hybridized carbons (Fsp3) is 0.647. The maximum Gasteiger partial charge on any atom is 0.119 e. The smallest absolute Gasteiger partial charge is 0.119 e. The summed E-state index contributed by atoms with van der Waals surface area (Å²) in [6.45, 7) is 14.3. The van der Waals surface area contributed by atoms with Crippen LogP contribution in [0.15, 0.2) is 18.2 Å². The van der Waals surface area contributed by atoms with Crippen molar-refractivity contribution in [2.24, 2.45) is 0 Å². The Bertz CT molecular complexity index is 274. The average Bonchev–Trinajstić information content (AvgIpc) is 2.29. The second-order valence-corrected chi connectivity index (χ2v) is 5.99. The summed E-state index contributed by atoms with van der Waals surface area (Å²) in [5.74, 6) is 0.942. The molecule has 0 fully saturated rings. The normalized spacial score (nSPS) is 8.35. The molecule has 0 amide bonds. The lowest BCUT2D eigenvalue weighted by atomic mass is 10.1. The predicted octanol–water partition coefficient (Wildman–Crippen LogP) is 6.95. The van der Waals surface area contributed by atoms with Crippen molar-refractivity contribution in [1.29, 1.82) is 0 Å². The van der Waals surface area contributed by atoms with Gasteiger partial charge in [-0.25, -0.2) is 0 Å². The maximum absolute atomic E-state index is 5.08. The third-order valence-electron chi connectivity index (χ3n) is 1.43. The number of benzene rings is 1. The molecule has 0 saturated carbocycles. The first kappa shape index (κ1) is 24.6. The SMILES string of the molecule is CC(Cl)Cl.CCC.CCC.COc1cc(C)cc(C)c1. The number of methoxy groups -OCH3 is 1. The molecule has 1 rings (SSSR count). The first-order chi connectivity index (χ1) is 9.28. The molecule has 0 spiro atoms. The third-order valence-corrected chi connectivity index (χ3v) is 1.43. The minimum atomic E-state index is -0.222. The van der Waals surface area contributed by atoms with Gasteiger partial charge in [-0.1, -0.05) is 46.6 Å². The highest BCUT2D eigenvalue weighted by Gasteiger charge is 1.92. The van der Waals surface area contributed by atoms with E-state index in [1.54, 1.807) is 14.0 Å². The van der Waals surface area contributed by atoms with Gasteiger partial charge in [0.05, 0.1) is 7.11 Å². The van der Waals surface area contributed by atoms with Crippen molar-refractivity contribution in [3.63, 3.8) is 0 Å². The van der Waals surface area contributed by atoms with E-state index < -0.39 is 0 Å². The zero-order chi connectivity index (χ0) is 16.6. The van der Waals surface area contributed by atoms with E-state index >= 15 is 0 Å². The number of alkyl halides is 2. The molecule has 1 aromatic rings. The summed E-state index contributed by atoms with van der Waals surface area (Å²) >= 11 is 10.1. The molecular formula is C17H32Cl2O. The van der Waals surface area contributed by atoms with Crippen molar-refractivity contribution >= 4 is 23.2 Å². The van der Waals surface area contributed by atoms with Crippen molar-refractivity contribution < 1.29 is 4.74 Å². The molecule has 1 aromatic carbocycles. The van der Waals surface area contributed by atoms with Gasteiger partial charge in [0, 0.05) is 0 Å². The number of aryl methyl sites for hydroxylation is 2. The highest BCUT2D eigenvalue weighted by Crippen LogP contribution is 2.14. The van der Waals surface area contributed by atoms with Crippen LogP contribution in [0.25, 0.3) is 0 Å². The lowest BCUT2D eigenvalue weighted by Crippen LogP contribution is -1.84. The Morgan fingerprint density at radius 1 is 0.900 bits per heavy atom. The van der Waals surface area contributed by atoms with Crippen LogP contribution in [0, 0.1) is 13.8 Å². The molecule has 0 bridgehead atoms. The second kappa shape index (κ2) is 18.6. The summed E-state index contributed by atoms with van der Waals surface area (Å²) in [6.07, 6.45) is 2.50. The van der Waals surface area contributed by atoms with Crippen molar-refractivity contribution in [2.75, 3.05) is 7.11 Å². The third kappa shape index (κ3) is 26.2. The molecule has 120 valence electrons. The largest absolute Gasteiger partial charge is 0.497 e. The van der Waals surface area contributed by atoms with Crippen LogP contribution >= 0.6 is 23.2 Å². The Labute approximate surface area is 136 Å². The quantitative estimate of drug-likeness (QED) is 0.508. The van der Waals surface area contributed by atoms with Crippen molar-refractivity contribution in [2.45, 2.75) is 66.1 Å². The van der Waals surface area contributed by atoms with Crippen molar-refractivity contribution in [3.8, 4) is 5.75 Å². The van der Waals surface area contributed by atoms with Crippen LogP contribution in [0.5, 0.6) is 5.75 Å². The molecule has 0 aliphatic carbocycles. The van der Waals surface area contributed by atoms with Gasteiger partial charge in [-0.3, -0.25) is 0 Å². The molecule has 1 nitrogen and oxygen atoms in total. The Morgan fingerprint density at radius 3 is 1.35 bits per heavy atom. The Morgan fingerprint density at radius 2 is 1.15 bits per heavy atom. The van der Waals surface area contributed by atoms with Gasteiger partial charge in [0.15, 0.2) is 0 Å². The summed E-state index contributed by atoms with van der Waals surface area (Å²) < 4.78 is 5.08. The van der Waals surface area contributed by atoms with Crippen molar-refractivity contribution in [1.82, 2.24) is 0 Å². The van der Waals surface area contributed by atoms with Gasteiger partial charge in [0.2, 0.25) is 0 Å². The minimum Gasteiger partial charge on any atom is -0.497 e. The van der Waals surface area contributed by atoms with Crippen LogP contribution in [0.1, 0.15) is 58.6 Å². The summed E-state index contributed by atoms with van der Waals surface area (Å²) in [5.41, 5.74) is 2.49. The van der Waals surface area contributed by atoms with E-state index in [1.807, 2.05) is 12.1 Å². The van der Waals surface area contributed by atoms with Crippen LogP contribution in [0.4, 0.5) is 0 Å². The van der Waals surface area contributed by atoms with Gasteiger partial charge < -0.3 is 4.74 Å². The fourth-order valence-corrected chi connectivity index (χ4v) is 1.05. The lowest BCUT2D eigenvalue weighted by molar-refractivity contribution is 0.414. The molecule has 0 radical (unpaired) electrons. The number of rotatable bonds is 1. The average molecular weight is 323 g/mol. The lowest BCUT2D eigenvalue weighted by Gasteiger charge is -2.01. The van der Waals surface area contributed by atoms with E-state index in [-0.39, 0.29) is 4.84 Å². The molecule has 0 aliphatic heterocycles. The van der Waals surface area contributed by atoms with Crippen LogP contribution in [0.3, 0.4) is 0 Å². The first-order valence-electron chi connectivity index (χ1n) is 7.19. The van der Waals surface area contributed by atoms with Crippen LogP contribution in [0.2, 0.25) is 0 Å². The maximum atomic E-state index is 5.08. The van der Waals surface area contributed by atoms with E-state index in [0.717, 1.165) is 5.75 Å². The summed E-state index contributed by atoms with van der Waals surface area (Å²) in [5, 5.41) is 0. The van der Waals surface area contributed by atoms with E-state index in [0.29, 0.717) is 0 Å². The molecule has 0 aliphatic rings. The number of halogens is 2. The zero-order valence-electron chi connectivity index (χ0n) is 14.4. The van der Waals surface area contributed by atoms with Crippen LogP contribution in [-0.4, -0.2) is 11.9 Å². The molecule has 0 unspecified atom stereocenters. The molecule has 0 N–H and O–H groups in total. The first-order valence-corrected chi connectivity index (χ1v) is 8.06. The van der Waals surface area contributed by atoms with E-state index in [9.17, 15) is 0 Å². The van der Waals surface area contributed by atoms with Gasteiger partial charge in [-0.15, -0.1) is 23.2 Å². The number of hydrogen-bond acceptors (Lipinski definition) is 1. The Balaban J connectivity index is -0.000000242. The zero-order valence-corrected chi connectivity index (χ0v) is 15.9. The molecule has 0 heterocycles. The molecule has 20 heavy (non-hydrogen) atoms. The highest BCUT2D eigenvalue weighted by molar-refractivity contribution is 6.43. The van der Waals surface area contributed by atoms with Gasteiger partial charge in [0.1, 0.15) is 10.6 Å². The number of ether oxygens (including phenoxy) is 1. The predicted molar refractivity (Wildman–Crippen MR) is 95.6 cm³/mol. The molecule has 0 saturated heterocycles. The molecular weight excluding hydrogens is 291 g/mol. The van der Waals surface area contributed by atoms with Crippen molar-refractivity contribution in [3.05, 3.63) is 29.3 Å². The molecule has 0 aromatic heterocycles. The fourth-order valence-electron chi connectivity index (χ4n) is 1.05. The molecule has 0 atom stereocenters. The standard InChI is InChI=1S/C9H12O.2C3H8.C2H4Cl2/c1-7-4-8(2)6-9(5-7)10-3;2*1-3-2;1-2(3)4/h4-6H,1-3H3;2*3H2,1-2H3;2H,1H3. The van der Waals surface area contributed by atoms with E-state index in [4.69, 9.17) is 27.9 Å². The van der Waals surface area contributed by atoms with Crippen LogP contribution < -0.4 is 4.74 Å². The van der Waals surface area contributed by atoms with Crippen LogP contribution in [-0.2, 0) is 0 Å². The topological polar surface area (TPSA) is 9.23 Å². The monoisotopic (exact) mass is 322 g/mol. The Hall–Kier alpha value is -0.400. The van der Waals surface area contributed by atoms with Gasteiger partial charge in [-0.2, -0.15) is 0 Å². The summed E-state index contributed by atoms with van der Waals surface area (Å²) in [4.78, 5) is -0.222. The molecule has 3 heteroatoms. The van der Waals surface area contributed by atoms with E-state index in [2.05, 4.69) is 47.6 Å². The Kier molecular flexibility index (Phi) is 22.9. The van der Waals surface area contributed by atoms with Gasteiger partial charge >= 0.3 is 0 Å². The van der Waals surface area contributed by atoms with Gasteiger partial charge in [0.25, 0.3) is 0 Å². The minimum absolute atomic E-state index is 0.222. The van der Waals surface area contributed by atoms with Gasteiger partial charge in [-0.05, 0) is 44.0 Å². The second-order valence-electron chi connectivity index (χ2n) is 4.46. The summed E-state index contributed by atoms with van der Waals surface area (Å²) in [6, 6.07) is 6.17. The van der Waals surface area contributed by atoms with E-state index in [1.165, 1.54) is 24.0 Å².